The van der Waals surface area contributed by atoms with Crippen LogP contribution in [0.2, 0.25) is 0 Å². The van der Waals surface area contributed by atoms with Crippen LogP contribution in [0.1, 0.15) is 38.4 Å². The quantitative estimate of drug-likeness (QED) is 0.906. The summed E-state index contributed by atoms with van der Waals surface area (Å²) in [6.07, 6.45) is 3.04. The summed E-state index contributed by atoms with van der Waals surface area (Å²) in [6, 6.07) is 0. The van der Waals surface area contributed by atoms with Crippen molar-refractivity contribution in [2.24, 2.45) is 4.99 Å². The molecule has 0 spiro atoms. The fourth-order valence-electron chi connectivity index (χ4n) is 1.78. The van der Waals surface area contributed by atoms with Crippen LogP contribution in [-0.2, 0) is 6.42 Å². The molecular weight excluding hydrogens is 248 g/mol. The van der Waals surface area contributed by atoms with Crippen LogP contribution in [-0.4, -0.2) is 33.1 Å². The summed E-state index contributed by atoms with van der Waals surface area (Å²) in [5.74, 6) is 2.48. The molecule has 1 atom stereocenters. The monoisotopic (exact) mass is 268 g/mol. The van der Waals surface area contributed by atoms with E-state index in [1.54, 1.807) is 18.7 Å². The number of hydrogen-bond donors (Lipinski definition) is 1. The minimum Gasteiger partial charge on any atom is -0.360 e. The third kappa shape index (κ3) is 3.48. The molecule has 0 aliphatic carbocycles. The molecule has 2 rings (SSSR count). The molecule has 0 saturated carbocycles. The topological polar surface area (TPSA) is 63.3 Å². The highest BCUT2D eigenvalue weighted by molar-refractivity contribution is 8.13. The van der Waals surface area contributed by atoms with E-state index in [0.29, 0.717) is 12.4 Å². The molecule has 2 heterocycles. The number of aryl methyl sites for hydroxylation is 1. The Morgan fingerprint density at radius 3 is 3.06 bits per heavy atom. The van der Waals surface area contributed by atoms with Crippen LogP contribution < -0.4 is 5.32 Å². The highest BCUT2D eigenvalue weighted by atomic mass is 32.2. The van der Waals surface area contributed by atoms with Crippen LogP contribution in [0.25, 0.3) is 0 Å². The van der Waals surface area contributed by atoms with Gasteiger partial charge in [-0.2, -0.15) is 4.98 Å². The molecule has 0 radical (unpaired) electrons. The van der Waals surface area contributed by atoms with Crippen LogP contribution in [0.3, 0.4) is 0 Å². The minimum atomic E-state index is 0.201. The van der Waals surface area contributed by atoms with Gasteiger partial charge in [0.25, 0.3) is 0 Å². The maximum absolute atomic E-state index is 4.93. The zero-order valence-corrected chi connectivity index (χ0v) is 12.0. The first-order valence-electron chi connectivity index (χ1n) is 6.36. The largest absolute Gasteiger partial charge is 0.360 e. The van der Waals surface area contributed by atoms with E-state index in [-0.39, 0.29) is 5.54 Å². The second-order valence-electron chi connectivity index (χ2n) is 4.80. The molecule has 6 heteroatoms. The number of nitrogens with zero attached hydrogens (tertiary/aromatic N) is 3. The summed E-state index contributed by atoms with van der Waals surface area (Å²) in [7, 11) is 0. The molecule has 1 unspecified atom stereocenters. The second-order valence-corrected chi connectivity index (χ2v) is 5.89. The first kappa shape index (κ1) is 13.4. The Balaban J connectivity index is 1.85. The van der Waals surface area contributed by atoms with Crippen LogP contribution in [0.5, 0.6) is 0 Å². The maximum Gasteiger partial charge on any atom is 0.223 e. The third-order valence-corrected chi connectivity index (χ3v) is 4.15. The normalized spacial score (nSPS) is 26.3. The van der Waals surface area contributed by atoms with E-state index in [2.05, 4.69) is 34.3 Å². The van der Waals surface area contributed by atoms with E-state index >= 15 is 0 Å². The van der Waals surface area contributed by atoms with Crippen LogP contribution in [0, 0.1) is 6.92 Å². The van der Waals surface area contributed by atoms with Gasteiger partial charge in [-0.3, -0.25) is 4.99 Å². The van der Waals surface area contributed by atoms with Crippen molar-refractivity contribution in [3.63, 3.8) is 0 Å². The van der Waals surface area contributed by atoms with Gasteiger partial charge in [-0.15, -0.1) is 0 Å². The van der Waals surface area contributed by atoms with Crippen molar-refractivity contribution >= 4 is 16.9 Å². The van der Waals surface area contributed by atoms with Crippen molar-refractivity contribution in [3.8, 4) is 0 Å². The van der Waals surface area contributed by atoms with Gasteiger partial charge in [0.15, 0.2) is 11.0 Å². The summed E-state index contributed by atoms with van der Waals surface area (Å²) < 4.78 is 4.93. The Hall–Kier alpha value is -1.04. The molecule has 0 aromatic carbocycles. The molecule has 100 valence electrons. The Bertz CT molecular complexity index is 431. The fourth-order valence-corrected chi connectivity index (χ4v) is 3.03. The van der Waals surface area contributed by atoms with Gasteiger partial charge in [-0.05, 0) is 19.8 Å². The standard InChI is InChI=1S/C12H20N4OS/c1-4-12(3)6-8-18-11(15-12)13-7-5-10-14-9(2)17-16-10/h4-8H2,1-3H3,(H,13,15). The molecule has 1 N–H and O–H groups in total. The third-order valence-electron chi connectivity index (χ3n) is 3.24. The summed E-state index contributed by atoms with van der Waals surface area (Å²) in [5, 5.41) is 8.43. The van der Waals surface area contributed by atoms with Gasteiger partial charge in [0.1, 0.15) is 0 Å². The number of nitrogens with one attached hydrogen (secondary N) is 1. The van der Waals surface area contributed by atoms with Gasteiger partial charge >= 0.3 is 0 Å². The number of thioether (sulfide) groups is 1. The highest BCUT2D eigenvalue weighted by Gasteiger charge is 2.27. The minimum absolute atomic E-state index is 0.201. The first-order valence-corrected chi connectivity index (χ1v) is 7.34. The predicted octanol–water partition coefficient (Wildman–Crippen LogP) is 2.17. The van der Waals surface area contributed by atoms with Crippen molar-refractivity contribution < 1.29 is 4.52 Å². The number of amidine groups is 1. The average Bonchev–Trinajstić information content (AvgIpc) is 2.75. The Labute approximate surface area is 112 Å². The molecule has 18 heavy (non-hydrogen) atoms. The zero-order valence-electron chi connectivity index (χ0n) is 11.2. The molecule has 5 nitrogen and oxygen atoms in total. The predicted molar refractivity (Wildman–Crippen MR) is 73.9 cm³/mol. The van der Waals surface area contributed by atoms with Crippen LogP contribution in [0.4, 0.5) is 0 Å². The van der Waals surface area contributed by atoms with Gasteiger partial charge in [-0.25, -0.2) is 0 Å². The van der Waals surface area contributed by atoms with E-state index in [9.17, 15) is 0 Å². The van der Waals surface area contributed by atoms with Crippen LogP contribution in [0.15, 0.2) is 9.52 Å². The smallest absolute Gasteiger partial charge is 0.223 e. The molecule has 0 bridgehead atoms. The number of rotatable bonds is 4. The Morgan fingerprint density at radius 1 is 1.56 bits per heavy atom. The number of aliphatic imine (C=N–C) groups is 1. The lowest BCUT2D eigenvalue weighted by Crippen LogP contribution is -2.48. The molecular formula is C12H20N4OS. The maximum atomic E-state index is 4.93. The van der Waals surface area contributed by atoms with Gasteiger partial charge in [-0.1, -0.05) is 23.8 Å². The fraction of sp³-hybridized carbons (Fsp3) is 0.750. The molecule has 1 saturated heterocycles. The van der Waals surface area contributed by atoms with Crippen molar-refractivity contribution in [1.82, 2.24) is 15.5 Å². The van der Waals surface area contributed by atoms with Crippen molar-refractivity contribution in [2.45, 2.75) is 45.6 Å². The van der Waals surface area contributed by atoms with E-state index in [0.717, 1.165) is 29.6 Å². The number of aromatic nitrogens is 2. The Kier molecular flexibility index (Phi) is 4.27. The average molecular weight is 268 g/mol. The van der Waals surface area contributed by atoms with E-state index in [4.69, 9.17) is 4.52 Å². The summed E-state index contributed by atoms with van der Waals surface area (Å²) in [6.45, 7) is 6.97. The van der Waals surface area contributed by atoms with Crippen molar-refractivity contribution in [1.29, 1.82) is 0 Å². The van der Waals surface area contributed by atoms with Crippen molar-refractivity contribution in [3.05, 3.63) is 11.7 Å². The number of hydrogen-bond acceptors (Lipinski definition) is 5. The molecule has 0 amide bonds. The SMILES string of the molecule is CCC1(C)CCSC(=NCCc2noc(C)n2)N1. The van der Waals surface area contributed by atoms with E-state index in [1.165, 1.54) is 6.42 Å². The highest BCUT2D eigenvalue weighted by Crippen LogP contribution is 2.24. The van der Waals surface area contributed by atoms with Gasteiger partial charge in [0.2, 0.25) is 5.89 Å². The summed E-state index contributed by atoms with van der Waals surface area (Å²) in [5.41, 5.74) is 0.201. The molecule has 1 aromatic rings. The molecule has 1 aliphatic heterocycles. The van der Waals surface area contributed by atoms with Gasteiger partial charge < -0.3 is 9.84 Å². The summed E-state index contributed by atoms with van der Waals surface area (Å²) >= 11 is 1.80. The summed E-state index contributed by atoms with van der Waals surface area (Å²) in [4.78, 5) is 8.74. The van der Waals surface area contributed by atoms with Gasteiger partial charge in [0.05, 0.1) is 0 Å². The Morgan fingerprint density at radius 2 is 2.39 bits per heavy atom. The lowest BCUT2D eigenvalue weighted by Gasteiger charge is -2.35. The van der Waals surface area contributed by atoms with Crippen molar-refractivity contribution in [2.75, 3.05) is 12.3 Å². The second kappa shape index (κ2) is 5.73. The van der Waals surface area contributed by atoms with E-state index in [1.807, 2.05) is 0 Å². The molecule has 1 fully saturated rings. The van der Waals surface area contributed by atoms with E-state index < -0.39 is 0 Å². The molecule has 1 aromatic heterocycles. The zero-order chi connectivity index (χ0) is 13.0. The lowest BCUT2D eigenvalue weighted by molar-refractivity contribution is 0.386. The van der Waals surface area contributed by atoms with Crippen LogP contribution >= 0.6 is 11.8 Å². The van der Waals surface area contributed by atoms with Gasteiger partial charge in [0, 0.05) is 31.2 Å². The first-order chi connectivity index (χ1) is 8.61. The molecule has 1 aliphatic rings. The lowest BCUT2D eigenvalue weighted by atomic mass is 9.96.